The highest BCUT2D eigenvalue weighted by molar-refractivity contribution is 5.99. The van der Waals surface area contributed by atoms with E-state index in [1.165, 1.54) is 6.07 Å². The SMILES string of the molecule is CCCCOc1ccc(C(F)(F)F)cc1/C(N)=N/O. The van der Waals surface area contributed by atoms with E-state index in [2.05, 4.69) is 5.16 Å². The van der Waals surface area contributed by atoms with Crippen molar-refractivity contribution in [3.05, 3.63) is 29.3 Å². The highest BCUT2D eigenvalue weighted by Gasteiger charge is 2.31. The molecular formula is C12H15F3N2O2. The van der Waals surface area contributed by atoms with Gasteiger partial charge in [-0.25, -0.2) is 0 Å². The van der Waals surface area contributed by atoms with Gasteiger partial charge in [-0.15, -0.1) is 0 Å². The van der Waals surface area contributed by atoms with Crippen LogP contribution < -0.4 is 10.5 Å². The summed E-state index contributed by atoms with van der Waals surface area (Å²) in [6, 6.07) is 2.87. The first kappa shape index (κ1) is 15.1. The van der Waals surface area contributed by atoms with E-state index >= 15 is 0 Å². The van der Waals surface area contributed by atoms with Crippen molar-refractivity contribution in [3.63, 3.8) is 0 Å². The van der Waals surface area contributed by atoms with E-state index < -0.39 is 17.6 Å². The number of nitrogens with zero attached hydrogens (tertiary/aromatic N) is 1. The molecular weight excluding hydrogens is 261 g/mol. The Kier molecular flexibility index (Phi) is 5.02. The summed E-state index contributed by atoms with van der Waals surface area (Å²) < 4.78 is 43.1. The number of rotatable bonds is 5. The first-order valence-corrected chi connectivity index (χ1v) is 5.72. The van der Waals surface area contributed by atoms with Crippen LogP contribution in [0.3, 0.4) is 0 Å². The molecule has 0 unspecified atom stereocenters. The number of benzene rings is 1. The lowest BCUT2D eigenvalue weighted by Crippen LogP contribution is -2.17. The van der Waals surface area contributed by atoms with Crippen molar-refractivity contribution in [2.24, 2.45) is 10.9 Å². The minimum atomic E-state index is -4.49. The summed E-state index contributed by atoms with van der Waals surface area (Å²) in [6.45, 7) is 2.31. The first-order chi connectivity index (χ1) is 8.90. The Labute approximate surface area is 108 Å². The number of hydrogen-bond donors (Lipinski definition) is 2. The molecule has 0 aliphatic carbocycles. The molecule has 0 saturated carbocycles. The van der Waals surface area contributed by atoms with Gasteiger partial charge in [-0.1, -0.05) is 18.5 Å². The molecule has 0 spiro atoms. The Balaban J connectivity index is 3.10. The molecule has 1 aromatic carbocycles. The second-order valence-electron chi connectivity index (χ2n) is 3.90. The maximum absolute atomic E-state index is 12.6. The maximum atomic E-state index is 12.6. The van der Waals surface area contributed by atoms with Crippen molar-refractivity contribution in [2.45, 2.75) is 25.9 Å². The third-order valence-electron chi connectivity index (χ3n) is 2.45. The van der Waals surface area contributed by atoms with Gasteiger partial charge >= 0.3 is 6.18 Å². The average molecular weight is 276 g/mol. The summed E-state index contributed by atoms with van der Waals surface area (Å²) >= 11 is 0. The zero-order valence-corrected chi connectivity index (χ0v) is 10.4. The van der Waals surface area contributed by atoms with Gasteiger partial charge in [-0.05, 0) is 24.6 Å². The molecule has 0 fully saturated rings. The first-order valence-electron chi connectivity index (χ1n) is 5.72. The maximum Gasteiger partial charge on any atom is 0.416 e. The molecule has 3 N–H and O–H groups in total. The van der Waals surface area contributed by atoms with Crippen LogP contribution in [-0.4, -0.2) is 17.6 Å². The van der Waals surface area contributed by atoms with Gasteiger partial charge in [0.2, 0.25) is 0 Å². The molecule has 19 heavy (non-hydrogen) atoms. The van der Waals surface area contributed by atoms with Crippen molar-refractivity contribution in [2.75, 3.05) is 6.61 Å². The number of hydrogen-bond acceptors (Lipinski definition) is 3. The van der Waals surface area contributed by atoms with Crippen molar-refractivity contribution in [1.82, 2.24) is 0 Å². The van der Waals surface area contributed by atoms with Gasteiger partial charge < -0.3 is 15.7 Å². The summed E-state index contributed by atoms with van der Waals surface area (Å²) in [5.41, 5.74) is 4.41. The van der Waals surface area contributed by atoms with Crippen molar-refractivity contribution >= 4 is 5.84 Å². The van der Waals surface area contributed by atoms with Gasteiger partial charge in [0.05, 0.1) is 17.7 Å². The lowest BCUT2D eigenvalue weighted by Gasteiger charge is -2.13. The summed E-state index contributed by atoms with van der Waals surface area (Å²) in [4.78, 5) is 0. The van der Waals surface area contributed by atoms with Crippen LogP contribution in [0, 0.1) is 0 Å². The predicted octanol–water partition coefficient (Wildman–Crippen LogP) is 2.98. The molecule has 0 heterocycles. The highest BCUT2D eigenvalue weighted by atomic mass is 19.4. The largest absolute Gasteiger partial charge is 0.493 e. The Morgan fingerprint density at radius 3 is 2.63 bits per heavy atom. The molecule has 7 heteroatoms. The Bertz CT molecular complexity index is 459. The summed E-state index contributed by atoms with van der Waals surface area (Å²) in [5, 5.41) is 11.3. The average Bonchev–Trinajstić information content (AvgIpc) is 2.37. The van der Waals surface area contributed by atoms with Crippen molar-refractivity contribution in [1.29, 1.82) is 0 Å². The summed E-state index contributed by atoms with van der Waals surface area (Å²) in [5.74, 6) is -0.255. The Morgan fingerprint density at radius 2 is 2.11 bits per heavy atom. The lowest BCUT2D eigenvalue weighted by molar-refractivity contribution is -0.137. The van der Waals surface area contributed by atoms with Crippen LogP contribution in [0.1, 0.15) is 30.9 Å². The second kappa shape index (κ2) is 6.31. The van der Waals surface area contributed by atoms with Gasteiger partial charge in [0.15, 0.2) is 5.84 Å². The standard InChI is InChI=1S/C12H15F3N2O2/c1-2-3-6-19-10-5-4-8(12(13,14)15)7-9(10)11(16)17-18/h4-5,7,18H,2-3,6H2,1H3,(H2,16,17). The van der Waals surface area contributed by atoms with Crippen LogP contribution in [0.15, 0.2) is 23.4 Å². The second-order valence-corrected chi connectivity index (χ2v) is 3.90. The van der Waals surface area contributed by atoms with E-state index in [0.717, 1.165) is 25.0 Å². The van der Waals surface area contributed by atoms with Gasteiger partial charge in [-0.2, -0.15) is 13.2 Å². The Hall–Kier alpha value is -1.92. The fourth-order valence-corrected chi connectivity index (χ4v) is 1.41. The molecule has 4 nitrogen and oxygen atoms in total. The zero-order chi connectivity index (χ0) is 14.5. The van der Waals surface area contributed by atoms with E-state index in [-0.39, 0.29) is 11.3 Å². The van der Waals surface area contributed by atoms with Gasteiger partial charge in [-0.3, -0.25) is 0 Å². The summed E-state index contributed by atoms with van der Waals surface area (Å²) in [6.07, 6.45) is -2.84. The van der Waals surface area contributed by atoms with Crippen molar-refractivity contribution in [3.8, 4) is 5.75 Å². The predicted molar refractivity (Wildman–Crippen MR) is 64.4 cm³/mol. The molecule has 0 atom stereocenters. The zero-order valence-electron chi connectivity index (χ0n) is 10.4. The van der Waals surface area contributed by atoms with Gasteiger partial charge in [0, 0.05) is 0 Å². The third-order valence-corrected chi connectivity index (χ3v) is 2.45. The van der Waals surface area contributed by atoms with E-state index in [9.17, 15) is 13.2 Å². The van der Waals surface area contributed by atoms with Crippen LogP contribution in [-0.2, 0) is 6.18 Å². The third kappa shape index (κ3) is 4.04. The smallest absolute Gasteiger partial charge is 0.416 e. The van der Waals surface area contributed by atoms with Crippen LogP contribution in [0.5, 0.6) is 5.75 Å². The molecule has 0 aromatic heterocycles. The van der Waals surface area contributed by atoms with Crippen LogP contribution >= 0.6 is 0 Å². The van der Waals surface area contributed by atoms with Crippen LogP contribution in [0.2, 0.25) is 0 Å². The summed E-state index contributed by atoms with van der Waals surface area (Å²) in [7, 11) is 0. The fraction of sp³-hybridized carbons (Fsp3) is 0.417. The van der Waals surface area contributed by atoms with E-state index in [4.69, 9.17) is 15.7 Å². The quantitative estimate of drug-likeness (QED) is 0.285. The monoisotopic (exact) mass is 276 g/mol. The molecule has 0 bridgehead atoms. The number of halogens is 3. The molecule has 0 saturated heterocycles. The number of unbranched alkanes of at least 4 members (excludes halogenated alkanes) is 1. The molecule has 0 aliphatic heterocycles. The molecule has 0 radical (unpaired) electrons. The van der Waals surface area contributed by atoms with Crippen LogP contribution in [0.4, 0.5) is 13.2 Å². The highest BCUT2D eigenvalue weighted by Crippen LogP contribution is 2.32. The van der Waals surface area contributed by atoms with Gasteiger partial charge in [0.1, 0.15) is 5.75 Å². The Morgan fingerprint density at radius 1 is 1.42 bits per heavy atom. The van der Waals surface area contributed by atoms with E-state index in [1.807, 2.05) is 6.92 Å². The molecule has 1 rings (SSSR count). The van der Waals surface area contributed by atoms with Gasteiger partial charge in [0.25, 0.3) is 0 Å². The number of nitrogens with two attached hydrogens (primary N) is 1. The molecule has 0 amide bonds. The minimum absolute atomic E-state index is 0.0755. The molecule has 1 aromatic rings. The molecule has 106 valence electrons. The minimum Gasteiger partial charge on any atom is -0.493 e. The van der Waals surface area contributed by atoms with Crippen LogP contribution in [0.25, 0.3) is 0 Å². The number of ether oxygens (including phenoxy) is 1. The van der Waals surface area contributed by atoms with E-state index in [0.29, 0.717) is 6.61 Å². The fourth-order valence-electron chi connectivity index (χ4n) is 1.41. The molecule has 0 aliphatic rings. The number of alkyl halides is 3. The lowest BCUT2D eigenvalue weighted by atomic mass is 10.1. The number of oxime groups is 1. The van der Waals surface area contributed by atoms with E-state index in [1.54, 1.807) is 0 Å². The normalized spacial score (nSPS) is 12.5. The topological polar surface area (TPSA) is 67.8 Å². The van der Waals surface area contributed by atoms with Crippen molar-refractivity contribution < 1.29 is 23.1 Å². The number of amidine groups is 1.